The highest BCUT2D eigenvalue weighted by Gasteiger charge is 2.31. The fourth-order valence-corrected chi connectivity index (χ4v) is 3.05. The first kappa shape index (κ1) is 15.7. The highest BCUT2D eigenvalue weighted by molar-refractivity contribution is 5.56. The van der Waals surface area contributed by atoms with Crippen LogP contribution in [0.1, 0.15) is 43.2 Å². The molecule has 122 valence electrons. The molecule has 2 fully saturated rings. The van der Waals surface area contributed by atoms with Crippen molar-refractivity contribution in [3.05, 3.63) is 29.3 Å². The minimum atomic E-state index is -4.27. The molecule has 2 nitrogen and oxygen atoms in total. The first-order chi connectivity index (χ1) is 10.5. The number of piperidine rings is 1. The van der Waals surface area contributed by atoms with Gasteiger partial charge in [0.05, 0.1) is 5.56 Å². The van der Waals surface area contributed by atoms with Gasteiger partial charge in [-0.3, -0.25) is 0 Å². The minimum absolute atomic E-state index is 0.543. The van der Waals surface area contributed by atoms with E-state index in [1.165, 1.54) is 31.4 Å². The maximum absolute atomic E-state index is 13.0. The molecule has 0 aromatic heterocycles. The SMILES string of the molecule is FC(F)(F)c1ccc(CNCC2CC2)c(N2CCCCC2)c1. The van der Waals surface area contributed by atoms with Gasteiger partial charge in [-0.2, -0.15) is 13.2 Å². The van der Waals surface area contributed by atoms with E-state index in [0.717, 1.165) is 49.6 Å². The lowest BCUT2D eigenvalue weighted by Crippen LogP contribution is -2.31. The topological polar surface area (TPSA) is 15.3 Å². The van der Waals surface area contributed by atoms with Gasteiger partial charge in [-0.05, 0) is 62.3 Å². The van der Waals surface area contributed by atoms with Crippen molar-refractivity contribution in [1.29, 1.82) is 0 Å². The summed E-state index contributed by atoms with van der Waals surface area (Å²) in [6, 6.07) is 4.19. The standard InChI is InChI=1S/C17H23F3N2/c18-17(19,20)15-7-6-14(12-21-11-13-4-5-13)16(10-15)22-8-2-1-3-9-22/h6-7,10,13,21H,1-5,8-9,11-12H2. The molecular formula is C17H23F3N2. The van der Waals surface area contributed by atoms with Crippen LogP contribution in [0.4, 0.5) is 18.9 Å². The van der Waals surface area contributed by atoms with E-state index < -0.39 is 11.7 Å². The summed E-state index contributed by atoms with van der Waals surface area (Å²) in [6.07, 6.45) is 1.57. The van der Waals surface area contributed by atoms with Gasteiger partial charge in [0, 0.05) is 25.3 Å². The third kappa shape index (κ3) is 3.94. The van der Waals surface area contributed by atoms with E-state index in [0.29, 0.717) is 6.54 Å². The highest BCUT2D eigenvalue weighted by atomic mass is 19.4. The number of alkyl halides is 3. The van der Waals surface area contributed by atoms with E-state index in [-0.39, 0.29) is 0 Å². The number of hydrogen-bond acceptors (Lipinski definition) is 2. The Balaban J connectivity index is 1.79. The number of nitrogens with zero attached hydrogens (tertiary/aromatic N) is 1. The van der Waals surface area contributed by atoms with Gasteiger partial charge < -0.3 is 10.2 Å². The summed E-state index contributed by atoms with van der Waals surface area (Å²) < 4.78 is 39.0. The van der Waals surface area contributed by atoms with Crippen LogP contribution >= 0.6 is 0 Å². The molecule has 3 rings (SSSR count). The van der Waals surface area contributed by atoms with Crippen LogP contribution < -0.4 is 10.2 Å². The molecule has 0 atom stereocenters. The van der Waals surface area contributed by atoms with Gasteiger partial charge in [0.2, 0.25) is 0 Å². The zero-order chi connectivity index (χ0) is 15.6. The Kier molecular flexibility index (Phi) is 4.62. The van der Waals surface area contributed by atoms with E-state index in [1.54, 1.807) is 6.07 Å². The molecule has 0 unspecified atom stereocenters. The number of nitrogens with one attached hydrogen (secondary N) is 1. The normalized spacial score (nSPS) is 19.5. The van der Waals surface area contributed by atoms with Crippen LogP contribution in [-0.4, -0.2) is 19.6 Å². The van der Waals surface area contributed by atoms with Crippen molar-refractivity contribution >= 4 is 5.69 Å². The molecule has 1 aliphatic heterocycles. The fourth-order valence-electron chi connectivity index (χ4n) is 3.05. The highest BCUT2D eigenvalue weighted by Crippen LogP contribution is 2.34. The Morgan fingerprint density at radius 1 is 1.09 bits per heavy atom. The summed E-state index contributed by atoms with van der Waals surface area (Å²) in [4.78, 5) is 2.12. The molecule has 1 N–H and O–H groups in total. The maximum atomic E-state index is 13.0. The van der Waals surface area contributed by atoms with Crippen LogP contribution in [0.5, 0.6) is 0 Å². The molecule has 1 saturated carbocycles. The molecule has 1 aromatic carbocycles. The first-order valence-electron chi connectivity index (χ1n) is 8.20. The molecule has 0 bridgehead atoms. The molecule has 1 heterocycles. The summed E-state index contributed by atoms with van der Waals surface area (Å²) in [7, 11) is 0. The third-order valence-electron chi connectivity index (χ3n) is 4.55. The number of halogens is 3. The Labute approximate surface area is 129 Å². The van der Waals surface area contributed by atoms with Crippen molar-refractivity contribution in [2.75, 3.05) is 24.5 Å². The molecular weight excluding hydrogens is 289 g/mol. The van der Waals surface area contributed by atoms with Crippen molar-refractivity contribution in [2.45, 2.75) is 44.8 Å². The monoisotopic (exact) mass is 312 g/mol. The van der Waals surface area contributed by atoms with Gasteiger partial charge >= 0.3 is 6.18 Å². The third-order valence-corrected chi connectivity index (χ3v) is 4.55. The Hall–Kier alpha value is -1.23. The summed E-state index contributed by atoms with van der Waals surface area (Å²) in [5.74, 6) is 0.771. The quantitative estimate of drug-likeness (QED) is 0.877. The average molecular weight is 312 g/mol. The summed E-state index contributed by atoms with van der Waals surface area (Å²) in [5.41, 5.74) is 1.20. The van der Waals surface area contributed by atoms with Crippen molar-refractivity contribution < 1.29 is 13.2 Å². The zero-order valence-electron chi connectivity index (χ0n) is 12.8. The van der Waals surface area contributed by atoms with Gasteiger partial charge in [-0.15, -0.1) is 0 Å². The van der Waals surface area contributed by atoms with Crippen LogP contribution in [0.2, 0.25) is 0 Å². The second kappa shape index (κ2) is 6.49. The van der Waals surface area contributed by atoms with E-state index in [1.807, 2.05) is 0 Å². The van der Waals surface area contributed by atoms with E-state index in [4.69, 9.17) is 0 Å². The second-order valence-electron chi connectivity index (χ2n) is 6.46. The Morgan fingerprint density at radius 3 is 2.45 bits per heavy atom. The molecule has 1 aliphatic carbocycles. The minimum Gasteiger partial charge on any atom is -0.371 e. The van der Waals surface area contributed by atoms with Crippen molar-refractivity contribution in [3.63, 3.8) is 0 Å². The largest absolute Gasteiger partial charge is 0.416 e. The van der Waals surface area contributed by atoms with Crippen LogP contribution in [0.25, 0.3) is 0 Å². The van der Waals surface area contributed by atoms with Crippen molar-refractivity contribution in [3.8, 4) is 0 Å². The first-order valence-corrected chi connectivity index (χ1v) is 8.20. The second-order valence-corrected chi connectivity index (χ2v) is 6.46. The average Bonchev–Trinajstić information content (AvgIpc) is 3.31. The number of benzene rings is 1. The van der Waals surface area contributed by atoms with E-state index in [9.17, 15) is 13.2 Å². The van der Waals surface area contributed by atoms with Gasteiger partial charge in [0.15, 0.2) is 0 Å². The maximum Gasteiger partial charge on any atom is 0.416 e. The lowest BCUT2D eigenvalue weighted by molar-refractivity contribution is -0.137. The van der Waals surface area contributed by atoms with Gasteiger partial charge in [-0.25, -0.2) is 0 Å². The van der Waals surface area contributed by atoms with Gasteiger partial charge in [0.1, 0.15) is 0 Å². The van der Waals surface area contributed by atoms with Gasteiger partial charge in [-0.1, -0.05) is 6.07 Å². The summed E-state index contributed by atoms with van der Waals surface area (Å²) >= 11 is 0. The molecule has 5 heteroatoms. The molecule has 2 aliphatic rings. The smallest absolute Gasteiger partial charge is 0.371 e. The van der Waals surface area contributed by atoms with Gasteiger partial charge in [0.25, 0.3) is 0 Å². The lowest BCUT2D eigenvalue weighted by atomic mass is 10.0. The predicted octanol–water partition coefficient (Wildman–Crippen LogP) is 4.20. The fraction of sp³-hybridized carbons (Fsp3) is 0.647. The van der Waals surface area contributed by atoms with E-state index in [2.05, 4.69) is 10.2 Å². The molecule has 0 radical (unpaired) electrons. The van der Waals surface area contributed by atoms with Crippen molar-refractivity contribution in [1.82, 2.24) is 5.32 Å². The van der Waals surface area contributed by atoms with E-state index >= 15 is 0 Å². The lowest BCUT2D eigenvalue weighted by Gasteiger charge is -2.31. The molecule has 1 aromatic rings. The van der Waals surface area contributed by atoms with Crippen LogP contribution in [0, 0.1) is 5.92 Å². The molecule has 22 heavy (non-hydrogen) atoms. The van der Waals surface area contributed by atoms with Crippen LogP contribution in [0.15, 0.2) is 18.2 Å². The number of rotatable bonds is 5. The molecule has 0 spiro atoms. The zero-order valence-corrected chi connectivity index (χ0v) is 12.8. The van der Waals surface area contributed by atoms with Crippen LogP contribution in [-0.2, 0) is 12.7 Å². The van der Waals surface area contributed by atoms with Crippen molar-refractivity contribution in [2.24, 2.45) is 5.92 Å². The van der Waals surface area contributed by atoms with Crippen LogP contribution in [0.3, 0.4) is 0 Å². The number of hydrogen-bond donors (Lipinski definition) is 1. The molecule has 0 amide bonds. The number of anilines is 1. The summed E-state index contributed by atoms with van der Waals surface area (Å²) in [5, 5.41) is 3.39. The Morgan fingerprint density at radius 2 is 1.82 bits per heavy atom. The Bertz CT molecular complexity index is 503. The molecule has 1 saturated heterocycles. The summed E-state index contributed by atoms with van der Waals surface area (Å²) in [6.45, 7) is 3.34. The predicted molar refractivity (Wildman–Crippen MR) is 81.9 cm³/mol.